The van der Waals surface area contributed by atoms with Gasteiger partial charge in [0, 0.05) is 11.7 Å². The van der Waals surface area contributed by atoms with Gasteiger partial charge in [0.2, 0.25) is 0 Å². The normalized spacial score (nSPS) is 13.6. The molecule has 0 fully saturated rings. The molecule has 1 amide bonds. The number of nitrogens with zero attached hydrogens (tertiary/aromatic N) is 3. The van der Waals surface area contributed by atoms with Crippen LogP contribution in [0.1, 0.15) is 43.2 Å². The lowest BCUT2D eigenvalue weighted by atomic mass is 9.93. The molecule has 1 unspecified atom stereocenters. The van der Waals surface area contributed by atoms with Crippen molar-refractivity contribution in [3.63, 3.8) is 0 Å². The number of alkyl halides is 3. The van der Waals surface area contributed by atoms with E-state index in [0.29, 0.717) is 12.0 Å². The number of aromatic amines is 1. The molecule has 8 nitrogen and oxygen atoms in total. The number of halogens is 3. The molecule has 0 aliphatic carbocycles. The first-order chi connectivity index (χ1) is 15.4. The Morgan fingerprint density at radius 2 is 1.94 bits per heavy atom. The highest BCUT2D eigenvalue weighted by Gasteiger charge is 2.35. The summed E-state index contributed by atoms with van der Waals surface area (Å²) in [7, 11) is 0. The van der Waals surface area contributed by atoms with E-state index in [9.17, 15) is 18.0 Å². The number of hydrogen-bond acceptors (Lipinski definition) is 6. The van der Waals surface area contributed by atoms with Gasteiger partial charge in [-0.15, -0.1) is 5.10 Å². The Bertz CT molecular complexity index is 1100. The van der Waals surface area contributed by atoms with Gasteiger partial charge in [-0.05, 0) is 54.7 Å². The van der Waals surface area contributed by atoms with Crippen molar-refractivity contribution in [1.29, 1.82) is 0 Å². The number of benzene rings is 1. The van der Waals surface area contributed by atoms with Crippen LogP contribution in [0.25, 0.3) is 11.1 Å². The van der Waals surface area contributed by atoms with Crippen LogP contribution in [0.5, 0.6) is 5.75 Å². The largest absolute Gasteiger partial charge is 0.491 e. The highest BCUT2D eigenvalue weighted by atomic mass is 19.4. The summed E-state index contributed by atoms with van der Waals surface area (Å²) in [5.41, 5.74) is 5.34. The lowest BCUT2D eigenvalue weighted by molar-refractivity contribution is -0.139. The number of nitrogens with one attached hydrogen (secondary N) is 2. The van der Waals surface area contributed by atoms with Gasteiger partial charge in [0.25, 0.3) is 5.91 Å². The number of carbonyl (C=O) groups is 1. The van der Waals surface area contributed by atoms with E-state index in [1.54, 1.807) is 13.0 Å². The number of aromatic nitrogens is 4. The van der Waals surface area contributed by atoms with Crippen molar-refractivity contribution in [2.45, 2.75) is 38.9 Å². The van der Waals surface area contributed by atoms with Crippen molar-refractivity contribution >= 4 is 11.7 Å². The highest BCUT2D eigenvalue weighted by molar-refractivity contribution is 6.02. The molecule has 4 N–H and O–H groups in total. The van der Waals surface area contributed by atoms with Crippen molar-refractivity contribution in [3.8, 4) is 16.9 Å². The molecular formula is C22H25F3N6O2. The van der Waals surface area contributed by atoms with Crippen molar-refractivity contribution in [2.24, 2.45) is 11.7 Å². The van der Waals surface area contributed by atoms with Gasteiger partial charge < -0.3 is 15.8 Å². The van der Waals surface area contributed by atoms with Gasteiger partial charge in [-0.2, -0.15) is 13.2 Å². The van der Waals surface area contributed by atoms with Crippen molar-refractivity contribution in [3.05, 3.63) is 54.0 Å². The first-order valence-electron chi connectivity index (χ1n) is 10.2. The van der Waals surface area contributed by atoms with Crippen molar-refractivity contribution < 1.29 is 22.7 Å². The number of anilines is 1. The minimum atomic E-state index is -4.63. The average molecular weight is 462 g/mol. The molecule has 0 saturated heterocycles. The van der Waals surface area contributed by atoms with E-state index in [0.717, 1.165) is 6.07 Å². The van der Waals surface area contributed by atoms with Crippen LogP contribution in [0.3, 0.4) is 0 Å². The fraction of sp³-hybridized carbons (Fsp3) is 0.364. The standard InChI is InChI=1S/C22H25F3N6O2/c1-13(2)10-21(3,26)12-33-18-5-4-14(8-16(18)22(23,24)25)15-6-7-27-19(9-15)29-20(32)17-11-28-31-30-17/h4-9,11,13H,10,12,26H2,1-3H3,(H,27,29,32)(H,28,30,31). The molecule has 2 aromatic heterocycles. The van der Waals surface area contributed by atoms with Crippen LogP contribution in [-0.4, -0.2) is 38.4 Å². The van der Waals surface area contributed by atoms with Gasteiger partial charge in [-0.25, -0.2) is 4.98 Å². The molecule has 11 heteroatoms. The Hall–Kier alpha value is -3.47. The van der Waals surface area contributed by atoms with E-state index >= 15 is 0 Å². The molecule has 0 radical (unpaired) electrons. The number of nitrogens with two attached hydrogens (primary N) is 1. The van der Waals surface area contributed by atoms with Crippen LogP contribution in [0.15, 0.2) is 42.7 Å². The topological polar surface area (TPSA) is 119 Å². The molecule has 0 aliphatic heterocycles. The number of H-pyrrole nitrogens is 1. The summed E-state index contributed by atoms with van der Waals surface area (Å²) in [5.74, 6) is -0.385. The van der Waals surface area contributed by atoms with Crippen LogP contribution in [0, 0.1) is 5.92 Å². The molecule has 1 aromatic carbocycles. The maximum atomic E-state index is 13.8. The first kappa shape index (κ1) is 24.2. The first-order valence-corrected chi connectivity index (χ1v) is 10.2. The zero-order chi connectivity index (χ0) is 24.2. The predicted molar refractivity (Wildman–Crippen MR) is 117 cm³/mol. The molecular weight excluding hydrogens is 437 g/mol. The summed E-state index contributed by atoms with van der Waals surface area (Å²) in [6.07, 6.45) is -1.40. The van der Waals surface area contributed by atoms with Crippen molar-refractivity contribution in [1.82, 2.24) is 20.4 Å². The lowest BCUT2D eigenvalue weighted by Gasteiger charge is -2.27. The van der Waals surface area contributed by atoms with E-state index in [1.165, 1.54) is 30.6 Å². The highest BCUT2D eigenvalue weighted by Crippen LogP contribution is 2.39. The third kappa shape index (κ3) is 6.51. The van der Waals surface area contributed by atoms with Crippen LogP contribution in [-0.2, 0) is 6.18 Å². The average Bonchev–Trinajstić information content (AvgIpc) is 3.26. The molecule has 33 heavy (non-hydrogen) atoms. The van der Waals surface area contributed by atoms with Gasteiger partial charge in [0.15, 0.2) is 0 Å². The molecule has 0 bridgehead atoms. The predicted octanol–water partition coefficient (Wildman–Crippen LogP) is 4.28. The summed E-state index contributed by atoms with van der Waals surface area (Å²) in [4.78, 5) is 16.2. The Morgan fingerprint density at radius 3 is 2.58 bits per heavy atom. The van der Waals surface area contributed by atoms with E-state index in [2.05, 4.69) is 25.7 Å². The van der Waals surface area contributed by atoms with Gasteiger partial charge >= 0.3 is 6.18 Å². The minimum Gasteiger partial charge on any atom is -0.491 e. The van der Waals surface area contributed by atoms with Crippen LogP contribution in [0.4, 0.5) is 19.0 Å². The quantitative estimate of drug-likeness (QED) is 0.460. The van der Waals surface area contributed by atoms with E-state index in [-0.39, 0.29) is 35.3 Å². The Balaban J connectivity index is 1.85. The summed E-state index contributed by atoms with van der Waals surface area (Å²) in [6, 6.07) is 6.81. The van der Waals surface area contributed by atoms with Crippen LogP contribution < -0.4 is 15.8 Å². The van der Waals surface area contributed by atoms with Gasteiger partial charge in [-0.3, -0.25) is 9.89 Å². The van der Waals surface area contributed by atoms with E-state index in [4.69, 9.17) is 10.5 Å². The van der Waals surface area contributed by atoms with Crippen molar-refractivity contribution in [2.75, 3.05) is 11.9 Å². The maximum Gasteiger partial charge on any atom is 0.419 e. The number of rotatable bonds is 8. The number of ether oxygens (including phenoxy) is 1. The summed E-state index contributed by atoms with van der Waals surface area (Å²) < 4.78 is 46.9. The Morgan fingerprint density at radius 1 is 1.21 bits per heavy atom. The lowest BCUT2D eigenvalue weighted by Crippen LogP contribution is -2.43. The summed E-state index contributed by atoms with van der Waals surface area (Å²) in [6.45, 7) is 5.67. The summed E-state index contributed by atoms with van der Waals surface area (Å²) >= 11 is 0. The molecule has 1 atom stereocenters. The summed E-state index contributed by atoms with van der Waals surface area (Å²) in [5, 5.41) is 11.9. The second-order valence-corrected chi connectivity index (χ2v) is 8.50. The van der Waals surface area contributed by atoms with Crippen LogP contribution >= 0.6 is 0 Å². The molecule has 0 spiro atoms. The number of pyridine rings is 1. The smallest absolute Gasteiger partial charge is 0.419 e. The van der Waals surface area contributed by atoms with Gasteiger partial charge in [0.1, 0.15) is 23.9 Å². The maximum absolute atomic E-state index is 13.8. The second kappa shape index (κ2) is 9.57. The third-order valence-electron chi connectivity index (χ3n) is 4.71. The SMILES string of the molecule is CC(C)CC(C)(N)COc1ccc(-c2ccnc(NC(=O)c3cnn[nH]3)c2)cc1C(F)(F)F. The Labute approximate surface area is 188 Å². The molecule has 0 aliphatic rings. The molecule has 3 rings (SSSR count). The van der Waals surface area contributed by atoms with Gasteiger partial charge in [-0.1, -0.05) is 25.1 Å². The second-order valence-electron chi connectivity index (χ2n) is 8.50. The number of hydrogen-bond donors (Lipinski definition) is 3. The van der Waals surface area contributed by atoms with Crippen LogP contribution in [0.2, 0.25) is 0 Å². The molecule has 2 heterocycles. The number of carbonyl (C=O) groups excluding carboxylic acids is 1. The van der Waals surface area contributed by atoms with E-state index in [1.807, 2.05) is 13.8 Å². The van der Waals surface area contributed by atoms with Gasteiger partial charge in [0.05, 0.1) is 11.8 Å². The van der Waals surface area contributed by atoms with E-state index < -0.39 is 23.2 Å². The number of amides is 1. The third-order valence-corrected chi connectivity index (χ3v) is 4.71. The fourth-order valence-corrected chi connectivity index (χ4v) is 3.46. The Kier molecular flexibility index (Phi) is 7.01. The molecule has 3 aromatic rings. The zero-order valence-electron chi connectivity index (χ0n) is 18.4. The molecule has 176 valence electrons. The fourth-order valence-electron chi connectivity index (χ4n) is 3.46. The molecule has 0 saturated carbocycles. The zero-order valence-corrected chi connectivity index (χ0v) is 18.4. The minimum absolute atomic E-state index is 0.0541. The monoisotopic (exact) mass is 462 g/mol.